The summed E-state index contributed by atoms with van der Waals surface area (Å²) in [6, 6.07) is 8.17. The molecule has 6 nitrogen and oxygen atoms in total. The Kier molecular flexibility index (Phi) is 3.01. The van der Waals surface area contributed by atoms with Crippen LogP contribution in [-0.4, -0.2) is 31.9 Å². The molecule has 3 aliphatic rings. The van der Waals surface area contributed by atoms with E-state index in [-0.39, 0.29) is 17.8 Å². The fourth-order valence-corrected chi connectivity index (χ4v) is 4.18. The SMILES string of the molecule is COC(=O)C1=NNC(C(=O)OC)=C2C3CC(c4ccccc43)C12. The van der Waals surface area contributed by atoms with Crippen molar-refractivity contribution in [2.75, 3.05) is 14.2 Å². The van der Waals surface area contributed by atoms with Crippen molar-refractivity contribution in [3.63, 3.8) is 0 Å². The highest BCUT2D eigenvalue weighted by Crippen LogP contribution is 2.60. The summed E-state index contributed by atoms with van der Waals surface area (Å²) in [5.74, 6) is -0.891. The van der Waals surface area contributed by atoms with Crippen LogP contribution in [0.25, 0.3) is 0 Å². The number of benzene rings is 1. The first-order chi connectivity index (χ1) is 11.2. The minimum absolute atomic E-state index is 0.109. The van der Waals surface area contributed by atoms with Crippen LogP contribution in [0.15, 0.2) is 40.6 Å². The highest BCUT2D eigenvalue weighted by molar-refractivity contribution is 6.38. The molecule has 2 bridgehead atoms. The van der Waals surface area contributed by atoms with E-state index in [0.717, 1.165) is 12.0 Å². The quantitative estimate of drug-likeness (QED) is 0.836. The minimum atomic E-state index is -0.464. The van der Waals surface area contributed by atoms with Crippen molar-refractivity contribution in [3.8, 4) is 0 Å². The van der Waals surface area contributed by atoms with Crippen LogP contribution in [0.1, 0.15) is 29.4 Å². The molecule has 1 N–H and O–H groups in total. The fourth-order valence-electron chi connectivity index (χ4n) is 4.18. The molecule has 3 unspecified atom stereocenters. The Labute approximate surface area is 133 Å². The van der Waals surface area contributed by atoms with Gasteiger partial charge >= 0.3 is 11.9 Å². The predicted octanol–water partition coefficient (Wildman–Crippen LogP) is 1.45. The Hall–Kier alpha value is -2.63. The van der Waals surface area contributed by atoms with Gasteiger partial charge in [-0.2, -0.15) is 5.10 Å². The fraction of sp³-hybridized carbons (Fsp3) is 0.353. The highest BCUT2D eigenvalue weighted by atomic mass is 16.5. The lowest BCUT2D eigenvalue weighted by molar-refractivity contribution is -0.137. The average molecular weight is 312 g/mol. The number of fused-ring (bicyclic) bond motifs is 8. The van der Waals surface area contributed by atoms with E-state index in [1.807, 2.05) is 12.1 Å². The predicted molar refractivity (Wildman–Crippen MR) is 81.7 cm³/mol. The van der Waals surface area contributed by atoms with E-state index < -0.39 is 11.9 Å². The van der Waals surface area contributed by atoms with Crippen molar-refractivity contribution >= 4 is 17.7 Å². The van der Waals surface area contributed by atoms with Gasteiger partial charge < -0.3 is 9.47 Å². The van der Waals surface area contributed by atoms with E-state index in [0.29, 0.717) is 11.4 Å². The largest absolute Gasteiger partial charge is 0.464 e. The lowest BCUT2D eigenvalue weighted by atomic mass is 9.76. The van der Waals surface area contributed by atoms with Gasteiger partial charge in [0.05, 0.1) is 14.2 Å². The van der Waals surface area contributed by atoms with Gasteiger partial charge in [-0.05, 0) is 29.0 Å². The van der Waals surface area contributed by atoms with E-state index in [1.54, 1.807) is 0 Å². The lowest BCUT2D eigenvalue weighted by Gasteiger charge is -2.31. The van der Waals surface area contributed by atoms with Crippen LogP contribution < -0.4 is 5.43 Å². The summed E-state index contributed by atoms with van der Waals surface area (Å²) in [7, 11) is 2.68. The van der Waals surface area contributed by atoms with Crippen molar-refractivity contribution in [1.29, 1.82) is 0 Å². The molecular formula is C17H16N2O4. The van der Waals surface area contributed by atoms with Crippen molar-refractivity contribution in [2.24, 2.45) is 11.0 Å². The molecular weight excluding hydrogens is 296 g/mol. The van der Waals surface area contributed by atoms with Crippen LogP contribution >= 0.6 is 0 Å². The van der Waals surface area contributed by atoms with E-state index in [4.69, 9.17) is 9.47 Å². The zero-order valence-corrected chi connectivity index (χ0v) is 12.8. The average Bonchev–Trinajstić information content (AvgIpc) is 3.17. The number of hydrazone groups is 1. The minimum Gasteiger partial charge on any atom is -0.464 e. The van der Waals surface area contributed by atoms with Gasteiger partial charge in [0.2, 0.25) is 0 Å². The highest BCUT2D eigenvalue weighted by Gasteiger charge is 2.54. The molecule has 0 aromatic heterocycles. The maximum atomic E-state index is 12.1. The Balaban J connectivity index is 1.89. The normalized spacial score (nSPS) is 26.9. The molecule has 1 heterocycles. The lowest BCUT2D eigenvalue weighted by Crippen LogP contribution is -2.38. The van der Waals surface area contributed by atoms with Gasteiger partial charge in [-0.1, -0.05) is 24.3 Å². The van der Waals surface area contributed by atoms with Crippen LogP contribution in [0.2, 0.25) is 0 Å². The molecule has 0 amide bonds. The summed E-state index contributed by atoms with van der Waals surface area (Å²) in [4.78, 5) is 24.2. The number of carbonyl (C=O) groups is 2. The van der Waals surface area contributed by atoms with Crippen molar-refractivity contribution in [1.82, 2.24) is 5.43 Å². The monoisotopic (exact) mass is 312 g/mol. The molecule has 1 fully saturated rings. The number of ether oxygens (including phenoxy) is 2. The van der Waals surface area contributed by atoms with Gasteiger partial charge in [0.15, 0.2) is 5.71 Å². The molecule has 6 heteroatoms. The molecule has 23 heavy (non-hydrogen) atoms. The summed E-state index contributed by atoms with van der Waals surface area (Å²) in [6.45, 7) is 0. The maximum absolute atomic E-state index is 12.1. The third kappa shape index (κ3) is 1.78. The number of nitrogens with one attached hydrogen (secondary N) is 1. The number of nitrogens with zero attached hydrogens (tertiary/aromatic N) is 1. The first-order valence-corrected chi connectivity index (χ1v) is 7.50. The maximum Gasteiger partial charge on any atom is 0.355 e. The molecule has 1 saturated carbocycles. The van der Waals surface area contributed by atoms with Crippen LogP contribution in [-0.2, 0) is 19.1 Å². The van der Waals surface area contributed by atoms with E-state index in [9.17, 15) is 9.59 Å². The molecule has 0 saturated heterocycles. The van der Waals surface area contributed by atoms with Gasteiger partial charge in [0.25, 0.3) is 0 Å². The van der Waals surface area contributed by atoms with Crippen LogP contribution in [0.3, 0.4) is 0 Å². The van der Waals surface area contributed by atoms with Crippen LogP contribution in [0.4, 0.5) is 0 Å². The molecule has 1 aliphatic heterocycles. The summed E-state index contributed by atoms with van der Waals surface area (Å²) in [5.41, 5.74) is 6.75. The topological polar surface area (TPSA) is 77.0 Å². The standard InChI is InChI=1S/C17H16N2O4/c1-22-16(20)14-12-10-7-11(9-6-4-3-5-8(9)10)13(12)15(19-18-14)17(21)23-2/h3-6,10-12,19H,7H2,1-2H3. The molecule has 4 rings (SSSR count). The van der Waals surface area contributed by atoms with Crippen molar-refractivity contribution in [2.45, 2.75) is 18.3 Å². The Morgan fingerprint density at radius 1 is 1.13 bits per heavy atom. The second-order valence-corrected chi connectivity index (χ2v) is 5.92. The molecule has 2 aliphatic carbocycles. The zero-order chi connectivity index (χ0) is 16.1. The van der Waals surface area contributed by atoms with Gasteiger partial charge in [-0.25, -0.2) is 9.59 Å². The smallest absolute Gasteiger partial charge is 0.355 e. The molecule has 1 aromatic rings. The van der Waals surface area contributed by atoms with Gasteiger partial charge in [0, 0.05) is 11.8 Å². The summed E-state index contributed by atoms with van der Waals surface area (Å²) in [6.07, 6.45) is 0.873. The number of rotatable bonds is 2. The van der Waals surface area contributed by atoms with Crippen molar-refractivity contribution < 1.29 is 19.1 Å². The number of carbonyl (C=O) groups excluding carboxylic acids is 2. The number of hydrogen-bond acceptors (Lipinski definition) is 6. The van der Waals surface area contributed by atoms with Gasteiger partial charge in [0.1, 0.15) is 5.70 Å². The summed E-state index contributed by atoms with van der Waals surface area (Å²) in [5, 5.41) is 4.12. The number of allylic oxidation sites excluding steroid dienone is 1. The molecule has 3 atom stereocenters. The first-order valence-electron chi connectivity index (χ1n) is 7.50. The molecule has 1 aromatic carbocycles. The van der Waals surface area contributed by atoms with E-state index in [1.165, 1.54) is 25.3 Å². The molecule has 0 spiro atoms. The summed E-state index contributed by atoms with van der Waals surface area (Å²) >= 11 is 0. The van der Waals surface area contributed by atoms with E-state index >= 15 is 0 Å². The van der Waals surface area contributed by atoms with Crippen LogP contribution in [0, 0.1) is 5.92 Å². The third-order valence-electron chi connectivity index (χ3n) is 5.03. The Bertz CT molecular complexity index is 781. The number of esters is 2. The number of hydrogen-bond donors (Lipinski definition) is 1. The Morgan fingerprint density at radius 3 is 2.52 bits per heavy atom. The molecule has 0 radical (unpaired) electrons. The Morgan fingerprint density at radius 2 is 1.83 bits per heavy atom. The first kappa shape index (κ1) is 14.0. The number of methoxy groups -OCH3 is 2. The molecule has 118 valence electrons. The van der Waals surface area contributed by atoms with Crippen LogP contribution in [0.5, 0.6) is 0 Å². The van der Waals surface area contributed by atoms with Gasteiger partial charge in [-0.15, -0.1) is 0 Å². The third-order valence-corrected chi connectivity index (χ3v) is 5.03. The second-order valence-electron chi connectivity index (χ2n) is 5.92. The van der Waals surface area contributed by atoms with Gasteiger partial charge in [-0.3, -0.25) is 5.43 Å². The van der Waals surface area contributed by atoms with Crippen molar-refractivity contribution in [3.05, 3.63) is 46.7 Å². The van der Waals surface area contributed by atoms with E-state index in [2.05, 4.69) is 22.7 Å². The second kappa shape index (κ2) is 4.94. The summed E-state index contributed by atoms with van der Waals surface area (Å²) < 4.78 is 9.74. The zero-order valence-electron chi connectivity index (χ0n) is 12.8.